The van der Waals surface area contributed by atoms with E-state index >= 15 is 0 Å². The van der Waals surface area contributed by atoms with E-state index < -0.39 is 35.7 Å². The maximum atomic E-state index is 14.0. The molecule has 4 heterocycles. The summed E-state index contributed by atoms with van der Waals surface area (Å²) < 4.78 is 6.17. The van der Waals surface area contributed by atoms with E-state index in [1.165, 1.54) is 11.3 Å². The second-order valence-corrected chi connectivity index (χ2v) is 16.4. The fourth-order valence-electron chi connectivity index (χ4n) is 8.47. The summed E-state index contributed by atoms with van der Waals surface area (Å²) in [6.07, 6.45) is 3.90. The third kappa shape index (κ3) is 11.4. The van der Waals surface area contributed by atoms with Crippen LogP contribution >= 0.6 is 11.3 Å². The number of nitrogens with zero attached hydrogens (tertiary/aromatic N) is 1. The zero-order valence-electron chi connectivity index (χ0n) is 31.3. The minimum Gasteiger partial charge on any atom is -0.492 e. The monoisotopic (exact) mass is 774 g/mol. The van der Waals surface area contributed by atoms with Crippen LogP contribution in [0, 0.1) is 35.5 Å². The van der Waals surface area contributed by atoms with E-state index in [2.05, 4.69) is 16.0 Å². The highest BCUT2D eigenvalue weighted by atomic mass is 32.1. The van der Waals surface area contributed by atoms with E-state index in [4.69, 9.17) is 4.74 Å². The van der Waals surface area contributed by atoms with Crippen molar-refractivity contribution in [2.75, 3.05) is 52.4 Å². The number of carbonyl (C=O) groups is 4. The number of aliphatic carboxylic acids is 3. The minimum atomic E-state index is -0.801. The molecule has 0 radical (unpaired) electrons. The average molecular weight is 775 g/mol. The van der Waals surface area contributed by atoms with Gasteiger partial charge in [-0.15, -0.1) is 11.3 Å². The SMILES string of the molecule is O=C(O)[C@@H](Cc1cccc(CC(=O)N(CCOc2cccc(C[C@H](C(=O)O)[C@H]3CCNC3)c2)Cc2csc(C[C@H](C(=O)O)[C@H]3CCNC3)c2)c1)[C@H]1CCNC1. The molecule has 6 rings (SSSR count). The third-order valence-corrected chi connectivity index (χ3v) is 12.6. The normalized spacial score (nSPS) is 21.2. The number of carboxylic acids is 3. The van der Waals surface area contributed by atoms with Crippen LogP contribution in [0.5, 0.6) is 5.75 Å². The zero-order valence-corrected chi connectivity index (χ0v) is 32.1. The van der Waals surface area contributed by atoms with Crippen LogP contribution in [0.3, 0.4) is 0 Å². The zero-order chi connectivity index (χ0) is 38.7. The first-order valence-electron chi connectivity index (χ1n) is 19.6. The van der Waals surface area contributed by atoms with Crippen molar-refractivity contribution in [3.63, 3.8) is 0 Å². The van der Waals surface area contributed by atoms with E-state index in [1.807, 2.05) is 60.0 Å². The maximum absolute atomic E-state index is 14.0. The van der Waals surface area contributed by atoms with E-state index in [-0.39, 0.29) is 36.7 Å². The number of rotatable bonds is 20. The van der Waals surface area contributed by atoms with Gasteiger partial charge in [0, 0.05) is 11.4 Å². The van der Waals surface area contributed by atoms with E-state index in [0.717, 1.165) is 66.0 Å². The lowest BCUT2D eigenvalue weighted by Gasteiger charge is -2.23. The van der Waals surface area contributed by atoms with Gasteiger partial charge in [-0.1, -0.05) is 36.4 Å². The summed E-state index contributed by atoms with van der Waals surface area (Å²) in [5.74, 6) is -3.09. The Labute approximate surface area is 326 Å². The summed E-state index contributed by atoms with van der Waals surface area (Å²) >= 11 is 1.52. The molecule has 6 atom stereocenters. The van der Waals surface area contributed by atoms with Gasteiger partial charge in [-0.3, -0.25) is 19.2 Å². The largest absolute Gasteiger partial charge is 0.492 e. The van der Waals surface area contributed by atoms with E-state index in [1.54, 1.807) is 4.90 Å². The Hall–Kier alpha value is -4.30. The third-order valence-electron chi connectivity index (χ3n) is 11.6. The molecule has 3 aliphatic heterocycles. The first kappa shape index (κ1) is 40.4. The molecule has 0 unspecified atom stereocenters. The predicted octanol–water partition coefficient (Wildman–Crippen LogP) is 3.96. The molecular formula is C42H54N4O8S. The van der Waals surface area contributed by atoms with Crippen LogP contribution < -0.4 is 20.7 Å². The Morgan fingerprint density at radius 1 is 0.691 bits per heavy atom. The van der Waals surface area contributed by atoms with Gasteiger partial charge in [-0.2, -0.15) is 0 Å². The fraction of sp³-hybridized carbons (Fsp3) is 0.524. The number of hydrogen-bond donors (Lipinski definition) is 6. The highest BCUT2D eigenvalue weighted by molar-refractivity contribution is 7.10. The summed E-state index contributed by atoms with van der Waals surface area (Å²) in [4.78, 5) is 53.2. The van der Waals surface area contributed by atoms with Crippen molar-refractivity contribution in [3.8, 4) is 5.75 Å². The van der Waals surface area contributed by atoms with Gasteiger partial charge in [0.2, 0.25) is 5.91 Å². The van der Waals surface area contributed by atoms with Crippen molar-refractivity contribution in [2.45, 2.75) is 51.5 Å². The van der Waals surface area contributed by atoms with Crippen LogP contribution in [0.15, 0.2) is 60.0 Å². The Morgan fingerprint density at radius 3 is 1.76 bits per heavy atom. The van der Waals surface area contributed by atoms with Gasteiger partial charge in [0.15, 0.2) is 0 Å². The van der Waals surface area contributed by atoms with Crippen molar-refractivity contribution in [1.29, 1.82) is 0 Å². The lowest BCUT2D eigenvalue weighted by Crippen LogP contribution is -2.35. The summed E-state index contributed by atoms with van der Waals surface area (Å²) in [6, 6.07) is 17.2. The number of amides is 1. The molecule has 0 aliphatic carbocycles. The van der Waals surface area contributed by atoms with Crippen LogP contribution in [0.2, 0.25) is 0 Å². The molecule has 0 spiro atoms. The number of benzene rings is 2. The second-order valence-electron chi connectivity index (χ2n) is 15.4. The number of thiophene rings is 1. The molecule has 1 amide bonds. The number of nitrogens with one attached hydrogen (secondary N) is 3. The van der Waals surface area contributed by atoms with Gasteiger partial charge < -0.3 is 40.9 Å². The van der Waals surface area contributed by atoms with Gasteiger partial charge >= 0.3 is 17.9 Å². The van der Waals surface area contributed by atoms with Gasteiger partial charge in [0.05, 0.1) is 30.7 Å². The Bertz CT molecular complexity index is 1760. The van der Waals surface area contributed by atoms with E-state index in [0.29, 0.717) is 57.7 Å². The summed E-state index contributed by atoms with van der Waals surface area (Å²) in [5, 5.41) is 41.7. The van der Waals surface area contributed by atoms with Crippen molar-refractivity contribution in [2.24, 2.45) is 35.5 Å². The summed E-state index contributed by atoms with van der Waals surface area (Å²) in [7, 11) is 0. The van der Waals surface area contributed by atoms with Crippen molar-refractivity contribution in [3.05, 3.63) is 87.1 Å². The summed E-state index contributed by atoms with van der Waals surface area (Å²) in [5.41, 5.74) is 3.51. The maximum Gasteiger partial charge on any atom is 0.307 e. The molecular weight excluding hydrogens is 721 g/mol. The Morgan fingerprint density at radius 2 is 1.22 bits per heavy atom. The molecule has 2 aromatic carbocycles. The molecule has 3 aliphatic rings. The summed E-state index contributed by atoms with van der Waals surface area (Å²) in [6.45, 7) is 5.41. The molecule has 3 saturated heterocycles. The molecule has 1 aromatic heterocycles. The predicted molar refractivity (Wildman–Crippen MR) is 209 cm³/mol. The molecule has 12 nitrogen and oxygen atoms in total. The topological polar surface area (TPSA) is 178 Å². The lowest BCUT2D eigenvalue weighted by molar-refractivity contribution is -0.144. The standard InChI is InChI=1S/C42H54N4O8S/c47-39(20-28-4-1-3-27(15-28)18-36(40(48)49)31-7-10-43-22-31)46(25-30-17-35(55-26-30)21-38(42(52)53)33-9-12-45-24-33)13-14-54-34-6-2-5-29(16-34)19-37(41(50)51)32-8-11-44-23-32/h1-6,15-17,26,31-33,36-38,43-45H,7-14,18-25H2,(H,48,49)(H,50,51)(H,52,53)/t31-,32-,33-,36-,37-,38-/m0/s1. The first-order chi connectivity index (χ1) is 26.6. The number of hydrogen-bond acceptors (Lipinski definition) is 9. The van der Waals surface area contributed by atoms with Gasteiger partial charge in [-0.05, 0) is 141 Å². The molecule has 55 heavy (non-hydrogen) atoms. The fourth-order valence-corrected chi connectivity index (χ4v) is 9.41. The van der Waals surface area contributed by atoms with Crippen molar-refractivity contribution in [1.82, 2.24) is 20.9 Å². The molecule has 0 saturated carbocycles. The van der Waals surface area contributed by atoms with Crippen LogP contribution in [-0.4, -0.2) is 96.5 Å². The molecule has 3 fully saturated rings. The number of ether oxygens (including phenoxy) is 1. The number of carbonyl (C=O) groups excluding carboxylic acids is 1. The van der Waals surface area contributed by atoms with Crippen molar-refractivity contribution >= 4 is 35.2 Å². The van der Waals surface area contributed by atoms with Crippen LogP contribution in [0.25, 0.3) is 0 Å². The van der Waals surface area contributed by atoms with Crippen LogP contribution in [-0.2, 0) is 51.4 Å². The van der Waals surface area contributed by atoms with Crippen LogP contribution in [0.1, 0.15) is 46.4 Å². The lowest BCUT2D eigenvalue weighted by atomic mass is 9.86. The highest BCUT2D eigenvalue weighted by Gasteiger charge is 2.33. The Balaban J connectivity index is 1.13. The minimum absolute atomic E-state index is 0.0679. The van der Waals surface area contributed by atoms with Gasteiger partial charge in [-0.25, -0.2) is 0 Å². The molecule has 3 aromatic rings. The first-order valence-corrected chi connectivity index (χ1v) is 20.4. The smallest absolute Gasteiger partial charge is 0.307 e. The quantitative estimate of drug-likeness (QED) is 0.0980. The average Bonchev–Trinajstić information content (AvgIpc) is 4.01. The van der Waals surface area contributed by atoms with Crippen LogP contribution in [0.4, 0.5) is 0 Å². The second kappa shape index (κ2) is 19.5. The molecule has 0 bridgehead atoms. The Kier molecular flexibility index (Phi) is 14.3. The molecule has 13 heteroatoms. The van der Waals surface area contributed by atoms with Gasteiger partial charge in [0.1, 0.15) is 12.4 Å². The highest BCUT2D eigenvalue weighted by Crippen LogP contribution is 2.29. The van der Waals surface area contributed by atoms with Gasteiger partial charge in [0.25, 0.3) is 0 Å². The number of carboxylic acid groups (broad SMARTS) is 3. The molecule has 6 N–H and O–H groups in total. The molecule has 296 valence electrons. The van der Waals surface area contributed by atoms with E-state index in [9.17, 15) is 34.5 Å². The van der Waals surface area contributed by atoms with Crippen molar-refractivity contribution < 1.29 is 39.2 Å².